The number of thioether (sulfide) groups is 1. The van der Waals surface area contributed by atoms with Gasteiger partial charge in [-0.3, -0.25) is 4.79 Å². The predicted octanol–water partition coefficient (Wildman–Crippen LogP) is 5.47. The van der Waals surface area contributed by atoms with Crippen molar-refractivity contribution < 1.29 is 18.3 Å². The van der Waals surface area contributed by atoms with Crippen molar-refractivity contribution in [3.8, 4) is 5.75 Å². The first-order valence-electron chi connectivity index (χ1n) is 7.57. The van der Waals surface area contributed by atoms with Gasteiger partial charge in [0.15, 0.2) is 10.2 Å². The van der Waals surface area contributed by atoms with Gasteiger partial charge in [0.25, 0.3) is 0 Å². The number of benzene rings is 2. The molecule has 0 bridgehead atoms. The molecule has 3 rings (SSSR count). The van der Waals surface area contributed by atoms with E-state index in [1.54, 1.807) is 0 Å². The molecule has 4 nitrogen and oxygen atoms in total. The molecule has 9 heteroatoms. The highest BCUT2D eigenvalue weighted by molar-refractivity contribution is 9.10. The number of anilines is 1. The quantitative estimate of drug-likeness (QED) is 0.497. The van der Waals surface area contributed by atoms with Crippen LogP contribution in [0.3, 0.4) is 0 Å². The van der Waals surface area contributed by atoms with Gasteiger partial charge in [-0.2, -0.15) is 0 Å². The van der Waals surface area contributed by atoms with Crippen molar-refractivity contribution in [3.05, 3.63) is 46.4 Å². The molecule has 1 N–H and O–H groups in total. The Morgan fingerprint density at radius 1 is 1.35 bits per heavy atom. The minimum atomic E-state index is -0.835. The molecule has 1 heterocycles. The lowest BCUT2D eigenvalue weighted by molar-refractivity contribution is -0.113. The number of amides is 1. The molecule has 0 fully saturated rings. The molecule has 0 saturated carbocycles. The Bertz CT molecular complexity index is 942. The third-order valence-electron chi connectivity index (χ3n) is 3.25. The van der Waals surface area contributed by atoms with Crippen LogP contribution in [0.5, 0.6) is 5.75 Å². The minimum absolute atomic E-state index is 0.0569. The molecule has 0 aliphatic heterocycles. The number of hydrogen-bond donors (Lipinski definition) is 1. The highest BCUT2D eigenvalue weighted by atomic mass is 79.9. The SMILES string of the molecule is CCOc1ccc2nc(SCC(=O)Nc3c(F)cc(F)cc3Br)sc2c1. The summed E-state index contributed by atoms with van der Waals surface area (Å²) in [4.78, 5) is 16.5. The lowest BCUT2D eigenvalue weighted by Crippen LogP contribution is -2.15. The molecule has 0 aliphatic carbocycles. The summed E-state index contributed by atoms with van der Waals surface area (Å²) in [6.07, 6.45) is 0. The van der Waals surface area contributed by atoms with Crippen LogP contribution in [0.2, 0.25) is 0 Å². The number of carbonyl (C=O) groups is 1. The van der Waals surface area contributed by atoms with Gasteiger partial charge in [0.1, 0.15) is 11.6 Å². The largest absolute Gasteiger partial charge is 0.494 e. The van der Waals surface area contributed by atoms with E-state index >= 15 is 0 Å². The van der Waals surface area contributed by atoms with E-state index in [-0.39, 0.29) is 15.9 Å². The van der Waals surface area contributed by atoms with Gasteiger partial charge < -0.3 is 10.1 Å². The second kappa shape index (κ2) is 8.32. The van der Waals surface area contributed by atoms with Gasteiger partial charge in [-0.25, -0.2) is 13.8 Å². The van der Waals surface area contributed by atoms with Gasteiger partial charge in [0, 0.05) is 10.5 Å². The van der Waals surface area contributed by atoms with Crippen molar-refractivity contribution in [2.24, 2.45) is 0 Å². The van der Waals surface area contributed by atoms with Crippen LogP contribution < -0.4 is 10.1 Å². The van der Waals surface area contributed by atoms with Crippen LogP contribution >= 0.6 is 39.0 Å². The molecule has 0 spiro atoms. The maximum atomic E-state index is 13.8. The Morgan fingerprint density at radius 3 is 2.88 bits per heavy atom. The fourth-order valence-electron chi connectivity index (χ4n) is 2.17. The first-order chi connectivity index (χ1) is 12.5. The van der Waals surface area contributed by atoms with E-state index in [2.05, 4.69) is 26.2 Å². The van der Waals surface area contributed by atoms with E-state index in [4.69, 9.17) is 4.74 Å². The summed E-state index contributed by atoms with van der Waals surface area (Å²) in [5.74, 6) is -1.13. The first-order valence-corrected chi connectivity index (χ1v) is 10.2. The zero-order chi connectivity index (χ0) is 18.7. The van der Waals surface area contributed by atoms with Crippen molar-refractivity contribution in [1.82, 2.24) is 4.98 Å². The van der Waals surface area contributed by atoms with Crippen molar-refractivity contribution in [1.29, 1.82) is 0 Å². The van der Waals surface area contributed by atoms with E-state index in [0.29, 0.717) is 6.61 Å². The smallest absolute Gasteiger partial charge is 0.234 e. The van der Waals surface area contributed by atoms with Gasteiger partial charge in [0.2, 0.25) is 5.91 Å². The molecule has 0 saturated heterocycles. The lowest BCUT2D eigenvalue weighted by atomic mass is 10.3. The number of nitrogens with one attached hydrogen (secondary N) is 1. The van der Waals surface area contributed by atoms with Gasteiger partial charge in [-0.15, -0.1) is 11.3 Å². The highest BCUT2D eigenvalue weighted by Crippen LogP contribution is 2.32. The van der Waals surface area contributed by atoms with Crippen molar-refractivity contribution in [2.75, 3.05) is 17.7 Å². The number of fused-ring (bicyclic) bond motifs is 1. The average Bonchev–Trinajstić information content (AvgIpc) is 2.99. The molecule has 0 atom stereocenters. The molecule has 2 aromatic carbocycles. The lowest BCUT2D eigenvalue weighted by Gasteiger charge is -2.08. The van der Waals surface area contributed by atoms with Gasteiger partial charge >= 0.3 is 0 Å². The average molecular weight is 459 g/mol. The Balaban J connectivity index is 1.65. The van der Waals surface area contributed by atoms with Crippen LogP contribution in [0.1, 0.15) is 6.92 Å². The van der Waals surface area contributed by atoms with Gasteiger partial charge in [-0.05, 0) is 47.1 Å². The van der Waals surface area contributed by atoms with Gasteiger partial charge in [0.05, 0.1) is 28.3 Å². The summed E-state index contributed by atoms with van der Waals surface area (Å²) in [6, 6.07) is 7.44. The molecule has 26 heavy (non-hydrogen) atoms. The van der Waals surface area contributed by atoms with E-state index in [9.17, 15) is 13.6 Å². The summed E-state index contributed by atoms with van der Waals surface area (Å²) < 4.78 is 34.2. The number of thiazole rings is 1. The minimum Gasteiger partial charge on any atom is -0.494 e. The van der Waals surface area contributed by atoms with Crippen LogP contribution in [0, 0.1) is 11.6 Å². The number of rotatable bonds is 6. The number of carbonyl (C=O) groups excluding carboxylic acids is 1. The number of nitrogens with zero attached hydrogens (tertiary/aromatic N) is 1. The topological polar surface area (TPSA) is 51.2 Å². The Kier molecular flexibility index (Phi) is 6.10. The van der Waals surface area contributed by atoms with Crippen LogP contribution in [-0.4, -0.2) is 23.3 Å². The number of aromatic nitrogens is 1. The molecule has 136 valence electrons. The zero-order valence-corrected chi connectivity index (χ0v) is 16.7. The second-order valence-corrected chi connectivity index (χ2v) is 8.23. The molecular formula is C17H13BrF2N2O2S2. The van der Waals surface area contributed by atoms with Crippen LogP contribution in [0.4, 0.5) is 14.5 Å². The van der Waals surface area contributed by atoms with Crippen LogP contribution in [0.15, 0.2) is 39.1 Å². The van der Waals surface area contributed by atoms with E-state index in [0.717, 1.165) is 32.4 Å². The predicted molar refractivity (Wildman–Crippen MR) is 104 cm³/mol. The van der Waals surface area contributed by atoms with Crippen LogP contribution in [-0.2, 0) is 4.79 Å². The maximum absolute atomic E-state index is 13.8. The Hall–Kier alpha value is -1.71. The summed E-state index contributed by atoms with van der Waals surface area (Å²) in [5, 5.41) is 2.44. The molecule has 0 aliphatic rings. The fraction of sp³-hybridized carbons (Fsp3) is 0.176. The zero-order valence-electron chi connectivity index (χ0n) is 13.5. The Morgan fingerprint density at radius 2 is 2.15 bits per heavy atom. The van der Waals surface area contributed by atoms with Crippen molar-refractivity contribution >= 4 is 60.8 Å². The summed E-state index contributed by atoms with van der Waals surface area (Å²) in [6.45, 7) is 2.50. The highest BCUT2D eigenvalue weighted by Gasteiger charge is 2.14. The molecule has 0 unspecified atom stereocenters. The van der Waals surface area contributed by atoms with E-state index in [1.165, 1.54) is 23.1 Å². The standard InChI is InChI=1S/C17H13BrF2N2O2S2/c1-2-24-10-3-4-13-14(7-10)26-17(21-13)25-8-15(23)22-16-11(18)5-9(19)6-12(16)20/h3-7H,2,8H2,1H3,(H,22,23). The molecule has 3 aromatic rings. The first kappa shape index (κ1) is 19.1. The maximum Gasteiger partial charge on any atom is 0.234 e. The molecular weight excluding hydrogens is 446 g/mol. The van der Waals surface area contributed by atoms with Crippen LogP contribution in [0.25, 0.3) is 10.2 Å². The Labute approximate surface area is 165 Å². The molecule has 1 aromatic heterocycles. The summed E-state index contributed by atoms with van der Waals surface area (Å²) in [7, 11) is 0. The third-order valence-corrected chi connectivity index (χ3v) is 6.04. The molecule has 1 amide bonds. The number of halogens is 3. The molecule has 0 radical (unpaired) electrons. The fourth-order valence-corrected chi connectivity index (χ4v) is 4.57. The number of hydrogen-bond acceptors (Lipinski definition) is 5. The van der Waals surface area contributed by atoms with Crippen molar-refractivity contribution in [3.63, 3.8) is 0 Å². The van der Waals surface area contributed by atoms with E-state index in [1.807, 2.05) is 25.1 Å². The number of ether oxygens (including phenoxy) is 1. The normalized spacial score (nSPS) is 10.9. The summed E-state index contributed by atoms with van der Waals surface area (Å²) >= 11 is 5.74. The monoisotopic (exact) mass is 458 g/mol. The third kappa shape index (κ3) is 4.52. The van der Waals surface area contributed by atoms with Gasteiger partial charge in [-0.1, -0.05) is 11.8 Å². The summed E-state index contributed by atoms with van der Waals surface area (Å²) in [5.41, 5.74) is 0.747. The van der Waals surface area contributed by atoms with E-state index < -0.39 is 17.5 Å². The van der Waals surface area contributed by atoms with Crippen molar-refractivity contribution in [2.45, 2.75) is 11.3 Å². The second-order valence-electron chi connectivity index (χ2n) is 5.12.